The fraction of sp³-hybridized carbons (Fsp3) is 0.850. The van der Waals surface area contributed by atoms with Crippen LogP contribution < -0.4 is 0 Å². The Labute approximate surface area is 175 Å². The quantitative estimate of drug-likeness (QED) is 0.521. The van der Waals surface area contributed by atoms with Crippen LogP contribution in [0, 0.1) is 0 Å². The van der Waals surface area contributed by atoms with Gasteiger partial charge in [0.2, 0.25) is 0 Å². The summed E-state index contributed by atoms with van der Waals surface area (Å²) in [6.07, 6.45) is -1.61. The average Bonchev–Trinajstić information content (AvgIpc) is 2.61. The normalized spacial score (nSPS) is 8.21. The van der Waals surface area contributed by atoms with Gasteiger partial charge in [-0.2, -0.15) is 13.2 Å². The zero-order valence-electron chi connectivity index (χ0n) is 20.1. The first kappa shape index (κ1) is 41.7. The highest BCUT2D eigenvalue weighted by Crippen LogP contribution is 2.10. The molecule has 0 aliphatic carbocycles. The zero-order valence-corrected chi connectivity index (χ0v) is 20.1. The number of hydrogen-bond acceptors (Lipinski definition) is 6. The van der Waals surface area contributed by atoms with Crippen molar-refractivity contribution in [2.75, 3.05) is 27.4 Å². The maximum atomic E-state index is 10.4. The number of ether oxygens (including phenoxy) is 3. The Hall–Kier alpha value is -1.64. The van der Waals surface area contributed by atoms with Crippen molar-refractivity contribution in [1.29, 1.82) is 0 Å². The third kappa shape index (κ3) is 224. The highest BCUT2D eigenvalue weighted by atomic mass is 19.4. The molecule has 0 aromatic carbocycles. The predicted octanol–water partition coefficient (Wildman–Crippen LogP) is 5.76. The molecule has 0 aliphatic rings. The summed E-state index contributed by atoms with van der Waals surface area (Å²) in [6.45, 7) is 16.1. The Balaban J connectivity index is -0.0000000555. The van der Waals surface area contributed by atoms with Crippen LogP contribution >= 0.6 is 0 Å². The lowest BCUT2D eigenvalue weighted by Gasteiger charge is -1.89. The maximum Gasteiger partial charge on any atom is 0.386 e. The van der Waals surface area contributed by atoms with Gasteiger partial charge in [-0.1, -0.05) is 34.1 Å². The second-order valence-electron chi connectivity index (χ2n) is 4.98. The summed E-state index contributed by atoms with van der Waals surface area (Å²) in [4.78, 5) is 29.6. The molecule has 0 fully saturated rings. The van der Waals surface area contributed by atoms with Crippen LogP contribution in [0.4, 0.5) is 13.2 Å². The number of esters is 2. The van der Waals surface area contributed by atoms with E-state index in [1.54, 1.807) is 27.9 Å². The molecule has 0 unspecified atom stereocenters. The van der Waals surface area contributed by atoms with Crippen LogP contribution in [0.3, 0.4) is 0 Å². The van der Waals surface area contributed by atoms with Gasteiger partial charge in [-0.3, -0.25) is 9.59 Å². The molecule has 0 saturated carbocycles. The molecule has 0 aromatic heterocycles. The first-order chi connectivity index (χ1) is 13.2. The number of rotatable bonds is 4. The lowest BCUT2D eigenvalue weighted by atomic mass is 10.4. The van der Waals surface area contributed by atoms with Crippen LogP contribution in [-0.2, 0) is 28.6 Å². The molecule has 6 nitrogen and oxygen atoms in total. The lowest BCUT2D eigenvalue weighted by molar-refractivity contribution is -0.141. The average molecular weight is 437 g/mol. The number of hydrogen-bond donors (Lipinski definition) is 0. The van der Waals surface area contributed by atoms with Gasteiger partial charge in [0.25, 0.3) is 0 Å². The van der Waals surface area contributed by atoms with Crippen LogP contribution in [0.25, 0.3) is 0 Å². The van der Waals surface area contributed by atoms with Gasteiger partial charge >= 0.3 is 18.1 Å². The number of alkyl halides is 3. The highest BCUT2D eigenvalue weighted by Gasteiger charge is 2.15. The van der Waals surface area contributed by atoms with Crippen molar-refractivity contribution >= 4 is 17.7 Å². The molecule has 0 heterocycles. The molecule has 9 heteroatoms. The molecular formula is C20H43F3O6. The molecule has 0 spiro atoms. The fourth-order valence-corrected chi connectivity index (χ4v) is 0.348. The summed E-state index contributed by atoms with van der Waals surface area (Å²) in [5.74, 6) is -0.113. The van der Waals surface area contributed by atoms with Gasteiger partial charge in [0.05, 0.1) is 13.7 Å². The van der Waals surface area contributed by atoms with Crippen molar-refractivity contribution in [2.45, 2.75) is 87.8 Å². The van der Waals surface area contributed by atoms with Crippen molar-refractivity contribution in [1.82, 2.24) is 0 Å². The number of carbonyl (C=O) groups is 3. The number of halogens is 3. The topological polar surface area (TPSA) is 78.9 Å². The Morgan fingerprint density at radius 1 is 0.793 bits per heavy atom. The molecule has 0 radical (unpaired) electrons. The van der Waals surface area contributed by atoms with Crippen LogP contribution in [0.1, 0.15) is 81.6 Å². The van der Waals surface area contributed by atoms with Crippen molar-refractivity contribution < 1.29 is 41.8 Å². The van der Waals surface area contributed by atoms with Crippen molar-refractivity contribution in [3.05, 3.63) is 0 Å². The van der Waals surface area contributed by atoms with Crippen LogP contribution in [0.5, 0.6) is 0 Å². The third-order valence-electron chi connectivity index (χ3n) is 1.65. The zero-order chi connectivity index (χ0) is 24.9. The minimum atomic E-state index is -4.00. The van der Waals surface area contributed by atoms with E-state index < -0.39 is 6.18 Å². The molecule has 0 saturated heterocycles. The smallest absolute Gasteiger partial charge is 0.386 e. The predicted molar refractivity (Wildman–Crippen MR) is 111 cm³/mol. The van der Waals surface area contributed by atoms with E-state index in [1.807, 2.05) is 13.8 Å². The summed E-state index contributed by atoms with van der Waals surface area (Å²) in [6, 6.07) is 0. The molecule has 0 bridgehead atoms. The second kappa shape index (κ2) is 37.2. The van der Waals surface area contributed by atoms with Gasteiger partial charge < -0.3 is 19.0 Å². The number of carbonyl (C=O) groups excluding carboxylic acids is 3. The highest BCUT2D eigenvalue weighted by molar-refractivity contribution is 5.74. The van der Waals surface area contributed by atoms with Gasteiger partial charge in [-0.25, -0.2) is 0 Å². The van der Waals surface area contributed by atoms with Gasteiger partial charge in [0.15, 0.2) is 0 Å². The summed E-state index contributed by atoms with van der Waals surface area (Å²) in [5, 5.41) is 0. The Morgan fingerprint density at radius 3 is 1.07 bits per heavy atom. The summed E-state index contributed by atoms with van der Waals surface area (Å²) in [5.41, 5.74) is 0. The molecule has 29 heavy (non-hydrogen) atoms. The van der Waals surface area contributed by atoms with E-state index in [9.17, 15) is 27.6 Å². The van der Waals surface area contributed by atoms with Crippen molar-refractivity contribution in [3.8, 4) is 0 Å². The largest absolute Gasteiger partial charge is 0.469 e. The Bertz CT molecular complexity index is 319. The summed E-state index contributed by atoms with van der Waals surface area (Å²) >= 11 is 0. The van der Waals surface area contributed by atoms with Crippen LogP contribution in [0.15, 0.2) is 0 Å². The van der Waals surface area contributed by atoms with E-state index in [4.69, 9.17) is 0 Å². The standard InChI is InChI=1S/2C4H8O2.C4H8O.C3H8O.C3H8.C2H3F3/c1-3-4(5)6-2;1-3-6-4(2)5;1-3-4(2)5;1-3-4-2;1-3-2;1-2(3,4)5/h2*3H2,1-2H3;3H2,1-2H3;3H2,1-2H3;3H2,1-2H3;1H3. The number of methoxy groups -OCH3 is 2. The maximum absolute atomic E-state index is 10.4. The van der Waals surface area contributed by atoms with Crippen LogP contribution in [-0.4, -0.2) is 51.3 Å². The molecule has 0 rings (SSSR count). The monoisotopic (exact) mass is 436 g/mol. The van der Waals surface area contributed by atoms with Gasteiger partial charge in [0, 0.05) is 40.4 Å². The van der Waals surface area contributed by atoms with Crippen molar-refractivity contribution in [2.24, 2.45) is 0 Å². The third-order valence-corrected chi connectivity index (χ3v) is 1.65. The molecule has 180 valence electrons. The van der Waals surface area contributed by atoms with E-state index >= 15 is 0 Å². The van der Waals surface area contributed by atoms with Gasteiger partial charge in [-0.15, -0.1) is 0 Å². The Kier molecular flexibility index (Phi) is 53.4. The molecule has 0 amide bonds. The molecule has 0 N–H and O–H groups in total. The first-order valence-corrected chi connectivity index (χ1v) is 9.43. The van der Waals surface area contributed by atoms with Gasteiger partial charge in [0.1, 0.15) is 5.78 Å². The van der Waals surface area contributed by atoms with E-state index in [0.29, 0.717) is 19.4 Å². The molecule has 0 atom stereocenters. The van der Waals surface area contributed by atoms with Crippen molar-refractivity contribution in [3.63, 3.8) is 0 Å². The summed E-state index contributed by atoms with van der Waals surface area (Å²) in [7, 11) is 3.06. The van der Waals surface area contributed by atoms with E-state index in [-0.39, 0.29) is 24.6 Å². The minimum absolute atomic E-state index is 0.157. The van der Waals surface area contributed by atoms with E-state index in [0.717, 1.165) is 6.61 Å². The SMILES string of the molecule is CC(F)(F)F.CCC.CCC(=O)OC.CCC(C)=O.CCOC.CCOC(C)=O. The first-order valence-electron chi connectivity index (χ1n) is 9.43. The van der Waals surface area contributed by atoms with E-state index in [1.165, 1.54) is 20.5 Å². The van der Waals surface area contributed by atoms with Crippen LogP contribution in [0.2, 0.25) is 0 Å². The van der Waals surface area contributed by atoms with Gasteiger partial charge in [-0.05, 0) is 20.8 Å². The fourth-order valence-electron chi connectivity index (χ4n) is 0.348. The molecule has 0 aliphatic heterocycles. The minimum Gasteiger partial charge on any atom is -0.469 e. The summed E-state index contributed by atoms with van der Waals surface area (Å²) < 4.78 is 44.3. The lowest BCUT2D eigenvalue weighted by Crippen LogP contribution is -1.95. The molecule has 0 aromatic rings. The molecular weight excluding hydrogens is 393 g/mol. The van der Waals surface area contributed by atoms with E-state index in [2.05, 4.69) is 28.1 Å². The Morgan fingerprint density at radius 2 is 1.07 bits per heavy atom. The number of Topliss-reactive ketones (excluding diaryl/α,β-unsaturated/α-hetero) is 1. The second-order valence-corrected chi connectivity index (χ2v) is 4.98. The number of ketones is 1.